The molecule has 0 N–H and O–H groups in total. The lowest BCUT2D eigenvalue weighted by atomic mass is 9.88. The summed E-state index contributed by atoms with van der Waals surface area (Å²) in [7, 11) is 2.00. The van der Waals surface area contributed by atoms with Gasteiger partial charge in [-0.1, -0.05) is 0 Å². The summed E-state index contributed by atoms with van der Waals surface area (Å²) in [6, 6.07) is 2.83. The maximum absolute atomic E-state index is 12.6. The van der Waals surface area contributed by atoms with E-state index in [1.807, 2.05) is 23.3 Å². The molecule has 21 heavy (non-hydrogen) atoms. The Balaban J connectivity index is 1.57. The Morgan fingerprint density at radius 3 is 2.67 bits per heavy atom. The monoisotopic (exact) mass is 302 g/mol. The van der Waals surface area contributed by atoms with Crippen molar-refractivity contribution in [3.63, 3.8) is 0 Å². The third-order valence-corrected chi connectivity index (χ3v) is 5.48. The van der Waals surface area contributed by atoms with E-state index in [1.165, 1.54) is 17.0 Å². The van der Waals surface area contributed by atoms with E-state index in [4.69, 9.17) is 0 Å². The SMILES string of the molecule is Cn1nccc1C1C[C@H]2CC[C@@H](C1)N2C(=O)c1cscn1. The van der Waals surface area contributed by atoms with E-state index in [1.54, 1.807) is 5.51 Å². The fraction of sp³-hybridized carbons (Fsp3) is 0.533. The van der Waals surface area contributed by atoms with Crippen LogP contribution >= 0.6 is 11.3 Å². The van der Waals surface area contributed by atoms with Gasteiger partial charge in [0.1, 0.15) is 5.69 Å². The average molecular weight is 302 g/mol. The highest BCUT2D eigenvalue weighted by Crippen LogP contribution is 2.43. The zero-order chi connectivity index (χ0) is 14.4. The summed E-state index contributed by atoms with van der Waals surface area (Å²) in [5.41, 5.74) is 3.64. The topological polar surface area (TPSA) is 51.0 Å². The normalized spacial score (nSPS) is 28.0. The summed E-state index contributed by atoms with van der Waals surface area (Å²) in [6.07, 6.45) is 6.20. The Morgan fingerprint density at radius 1 is 1.33 bits per heavy atom. The Labute approximate surface area is 127 Å². The van der Waals surface area contributed by atoms with Gasteiger partial charge in [0.15, 0.2) is 0 Å². The standard InChI is InChI=1S/C15H18N4OS/c1-18-14(4-5-17-18)10-6-11-2-3-12(7-10)19(11)15(20)13-8-21-9-16-13/h4-5,8-12H,2-3,6-7H2,1H3/t10?,11-,12+. The van der Waals surface area contributed by atoms with E-state index in [0.717, 1.165) is 25.7 Å². The van der Waals surface area contributed by atoms with E-state index in [2.05, 4.69) is 21.0 Å². The van der Waals surface area contributed by atoms with Crippen molar-refractivity contribution in [1.82, 2.24) is 19.7 Å². The molecule has 3 atom stereocenters. The highest BCUT2D eigenvalue weighted by molar-refractivity contribution is 7.07. The molecule has 2 saturated heterocycles. The molecule has 6 heteroatoms. The van der Waals surface area contributed by atoms with Crippen molar-refractivity contribution in [2.24, 2.45) is 7.05 Å². The molecule has 110 valence electrons. The fourth-order valence-electron chi connectivity index (χ4n) is 3.99. The van der Waals surface area contributed by atoms with Crippen molar-refractivity contribution in [3.05, 3.63) is 34.5 Å². The van der Waals surface area contributed by atoms with Crippen LogP contribution < -0.4 is 0 Å². The summed E-state index contributed by atoms with van der Waals surface area (Å²) in [4.78, 5) is 18.9. The number of hydrogen-bond donors (Lipinski definition) is 0. The summed E-state index contributed by atoms with van der Waals surface area (Å²) in [6.45, 7) is 0. The third kappa shape index (κ3) is 2.09. The number of carbonyl (C=O) groups excluding carboxylic acids is 1. The molecular weight excluding hydrogens is 284 g/mol. The number of amides is 1. The van der Waals surface area contributed by atoms with Crippen LogP contribution in [0.5, 0.6) is 0 Å². The second-order valence-electron chi connectivity index (χ2n) is 6.02. The van der Waals surface area contributed by atoms with Gasteiger partial charge >= 0.3 is 0 Å². The first-order valence-corrected chi connectivity index (χ1v) is 8.37. The minimum absolute atomic E-state index is 0.118. The Bertz CT molecular complexity index is 636. The first kappa shape index (κ1) is 13.0. The molecule has 2 bridgehead atoms. The Morgan fingerprint density at radius 2 is 2.10 bits per heavy atom. The molecule has 2 aromatic rings. The van der Waals surface area contributed by atoms with Gasteiger partial charge in [-0.05, 0) is 31.7 Å². The lowest BCUT2D eigenvalue weighted by Gasteiger charge is -2.38. The van der Waals surface area contributed by atoms with Crippen LogP contribution in [0.2, 0.25) is 0 Å². The number of rotatable bonds is 2. The quantitative estimate of drug-likeness (QED) is 0.856. The van der Waals surface area contributed by atoms with Gasteiger partial charge in [0.2, 0.25) is 0 Å². The Hall–Kier alpha value is -1.69. The van der Waals surface area contributed by atoms with Gasteiger partial charge < -0.3 is 4.90 Å². The zero-order valence-corrected chi connectivity index (χ0v) is 12.8. The third-order valence-electron chi connectivity index (χ3n) is 4.90. The van der Waals surface area contributed by atoms with Gasteiger partial charge in [-0.2, -0.15) is 5.10 Å². The second kappa shape index (κ2) is 4.94. The van der Waals surface area contributed by atoms with Crippen LogP contribution in [0.1, 0.15) is 47.8 Å². The maximum Gasteiger partial charge on any atom is 0.273 e. The van der Waals surface area contributed by atoms with Gasteiger partial charge in [-0.3, -0.25) is 9.48 Å². The smallest absolute Gasteiger partial charge is 0.273 e. The van der Waals surface area contributed by atoms with Crippen LogP contribution in [-0.2, 0) is 7.05 Å². The van der Waals surface area contributed by atoms with E-state index >= 15 is 0 Å². The molecule has 0 spiro atoms. The zero-order valence-electron chi connectivity index (χ0n) is 12.0. The van der Waals surface area contributed by atoms with Gasteiger partial charge in [0.05, 0.1) is 5.51 Å². The molecule has 1 amide bonds. The molecular formula is C15H18N4OS. The number of carbonyl (C=O) groups is 1. The van der Waals surface area contributed by atoms with E-state index in [0.29, 0.717) is 23.7 Å². The number of aryl methyl sites for hydroxylation is 1. The molecule has 0 radical (unpaired) electrons. The van der Waals surface area contributed by atoms with Gasteiger partial charge in [-0.25, -0.2) is 4.98 Å². The van der Waals surface area contributed by atoms with Gasteiger partial charge in [0.25, 0.3) is 5.91 Å². The molecule has 2 aromatic heterocycles. The van der Waals surface area contributed by atoms with Crippen molar-refractivity contribution in [2.45, 2.75) is 43.7 Å². The van der Waals surface area contributed by atoms with Crippen LogP contribution in [0, 0.1) is 0 Å². The molecule has 1 unspecified atom stereocenters. The summed E-state index contributed by atoms with van der Waals surface area (Å²) in [5, 5.41) is 6.14. The Kier molecular flexibility index (Phi) is 3.06. The average Bonchev–Trinajstić information content (AvgIpc) is 3.19. The predicted molar refractivity (Wildman–Crippen MR) is 80.3 cm³/mol. The number of fused-ring (bicyclic) bond motifs is 2. The van der Waals surface area contributed by atoms with Crippen molar-refractivity contribution in [2.75, 3.05) is 0 Å². The van der Waals surface area contributed by atoms with Crippen molar-refractivity contribution < 1.29 is 4.79 Å². The van der Waals surface area contributed by atoms with E-state index in [9.17, 15) is 4.79 Å². The minimum atomic E-state index is 0.118. The summed E-state index contributed by atoms with van der Waals surface area (Å²) < 4.78 is 1.97. The molecule has 2 aliphatic rings. The van der Waals surface area contributed by atoms with E-state index < -0.39 is 0 Å². The van der Waals surface area contributed by atoms with Crippen LogP contribution in [-0.4, -0.2) is 37.7 Å². The number of piperidine rings is 1. The number of hydrogen-bond acceptors (Lipinski definition) is 4. The minimum Gasteiger partial charge on any atom is -0.331 e. The lowest BCUT2D eigenvalue weighted by molar-refractivity contribution is 0.0563. The molecule has 4 heterocycles. The van der Waals surface area contributed by atoms with Crippen LogP contribution in [0.3, 0.4) is 0 Å². The molecule has 0 saturated carbocycles. The van der Waals surface area contributed by atoms with Gasteiger partial charge in [0, 0.05) is 42.3 Å². The molecule has 0 aliphatic carbocycles. The maximum atomic E-state index is 12.6. The van der Waals surface area contributed by atoms with Gasteiger partial charge in [-0.15, -0.1) is 11.3 Å². The molecule has 2 fully saturated rings. The molecule has 4 rings (SSSR count). The first-order valence-electron chi connectivity index (χ1n) is 7.43. The van der Waals surface area contributed by atoms with Crippen molar-refractivity contribution in [1.29, 1.82) is 0 Å². The highest BCUT2D eigenvalue weighted by atomic mass is 32.1. The van der Waals surface area contributed by atoms with Crippen LogP contribution in [0.4, 0.5) is 0 Å². The number of thiazole rings is 1. The first-order chi connectivity index (χ1) is 10.2. The molecule has 2 aliphatic heterocycles. The summed E-state index contributed by atoms with van der Waals surface area (Å²) in [5.74, 6) is 0.640. The molecule has 5 nitrogen and oxygen atoms in total. The summed E-state index contributed by atoms with van der Waals surface area (Å²) >= 11 is 1.49. The van der Waals surface area contributed by atoms with Crippen LogP contribution in [0.15, 0.2) is 23.2 Å². The molecule has 0 aromatic carbocycles. The second-order valence-corrected chi connectivity index (χ2v) is 6.74. The largest absolute Gasteiger partial charge is 0.331 e. The van der Waals surface area contributed by atoms with Crippen molar-refractivity contribution in [3.8, 4) is 0 Å². The predicted octanol–water partition coefficient (Wildman–Crippen LogP) is 2.43. The lowest BCUT2D eigenvalue weighted by Crippen LogP contribution is -2.46. The van der Waals surface area contributed by atoms with E-state index in [-0.39, 0.29) is 5.91 Å². The number of aromatic nitrogens is 3. The fourth-order valence-corrected chi connectivity index (χ4v) is 4.51. The van der Waals surface area contributed by atoms with Crippen molar-refractivity contribution >= 4 is 17.2 Å². The van der Waals surface area contributed by atoms with Crippen LogP contribution in [0.25, 0.3) is 0 Å². The highest BCUT2D eigenvalue weighted by Gasteiger charge is 2.44. The number of nitrogens with zero attached hydrogens (tertiary/aromatic N) is 4.